The quantitative estimate of drug-likeness (QED) is 0.680. The van der Waals surface area contributed by atoms with Crippen molar-refractivity contribution in [3.05, 3.63) is 59.5 Å². The number of hydrogen-bond acceptors (Lipinski definition) is 5. The van der Waals surface area contributed by atoms with E-state index in [1.165, 1.54) is 27.8 Å². The lowest BCUT2D eigenvalue weighted by atomic mass is 10.2. The van der Waals surface area contributed by atoms with Crippen molar-refractivity contribution in [3.63, 3.8) is 0 Å². The van der Waals surface area contributed by atoms with E-state index in [0.717, 1.165) is 10.1 Å². The van der Waals surface area contributed by atoms with Crippen LogP contribution in [0.5, 0.6) is 0 Å². The van der Waals surface area contributed by atoms with Crippen molar-refractivity contribution in [1.82, 2.24) is 4.31 Å². The number of nitrogens with zero attached hydrogens (tertiary/aromatic N) is 1. The number of carbonyl (C=O) groups is 1. The Kier molecular flexibility index (Phi) is 5.44. The van der Waals surface area contributed by atoms with Gasteiger partial charge in [-0.3, -0.25) is 4.79 Å². The van der Waals surface area contributed by atoms with Crippen molar-refractivity contribution in [2.24, 2.45) is 0 Å². The largest absolute Gasteiger partial charge is 0.373 e. The molecule has 2 aromatic carbocycles. The summed E-state index contributed by atoms with van der Waals surface area (Å²) in [5.74, 6) is -0.211. The first-order chi connectivity index (χ1) is 13.8. The summed E-state index contributed by atoms with van der Waals surface area (Å²) in [5.41, 5.74) is 0.551. The lowest BCUT2D eigenvalue weighted by Gasteiger charge is -2.34. The van der Waals surface area contributed by atoms with Gasteiger partial charge in [-0.15, -0.1) is 11.3 Å². The smallest absolute Gasteiger partial charge is 0.265 e. The number of thiophene rings is 1. The summed E-state index contributed by atoms with van der Waals surface area (Å²) in [6.45, 7) is 4.39. The number of nitrogens with one attached hydrogen (secondary N) is 1. The molecule has 0 bridgehead atoms. The molecule has 0 radical (unpaired) electrons. The SMILES string of the molecule is CC1CN(S(=O)(=O)c2ccc(NC(=O)c3cc4ccccc4s3)cc2)CC(C)O1. The Morgan fingerprint density at radius 1 is 1.07 bits per heavy atom. The molecule has 8 heteroatoms. The van der Waals surface area contributed by atoms with E-state index in [0.29, 0.717) is 23.7 Å². The minimum Gasteiger partial charge on any atom is -0.373 e. The number of carbonyl (C=O) groups excluding carboxylic acids is 1. The van der Waals surface area contributed by atoms with Crippen molar-refractivity contribution in [3.8, 4) is 0 Å². The summed E-state index contributed by atoms with van der Waals surface area (Å²) in [5, 5.41) is 3.86. The number of hydrogen-bond donors (Lipinski definition) is 1. The lowest BCUT2D eigenvalue weighted by Crippen LogP contribution is -2.48. The number of sulfonamides is 1. The number of anilines is 1. The average molecular weight is 431 g/mol. The first-order valence-corrected chi connectivity index (χ1v) is 11.6. The minimum absolute atomic E-state index is 0.145. The van der Waals surface area contributed by atoms with E-state index < -0.39 is 10.0 Å². The molecule has 2 unspecified atom stereocenters. The van der Waals surface area contributed by atoms with Gasteiger partial charge in [0.15, 0.2) is 0 Å². The minimum atomic E-state index is -3.60. The molecule has 1 aromatic heterocycles. The van der Waals surface area contributed by atoms with E-state index >= 15 is 0 Å². The third kappa shape index (κ3) is 4.20. The van der Waals surface area contributed by atoms with E-state index in [1.807, 2.05) is 44.2 Å². The highest BCUT2D eigenvalue weighted by Gasteiger charge is 2.32. The molecule has 0 aliphatic carbocycles. The van der Waals surface area contributed by atoms with E-state index in [4.69, 9.17) is 4.74 Å². The van der Waals surface area contributed by atoms with Gasteiger partial charge in [0.25, 0.3) is 5.91 Å². The molecule has 29 heavy (non-hydrogen) atoms. The predicted octanol–water partition coefficient (Wildman–Crippen LogP) is 3.95. The highest BCUT2D eigenvalue weighted by molar-refractivity contribution is 7.89. The Hall–Kier alpha value is -2.26. The lowest BCUT2D eigenvalue weighted by molar-refractivity contribution is -0.0440. The second-order valence-corrected chi connectivity index (χ2v) is 10.2. The number of ether oxygens (including phenoxy) is 1. The molecule has 152 valence electrons. The maximum atomic E-state index is 12.9. The number of rotatable bonds is 4. The molecular formula is C21H22N2O4S2. The fraction of sp³-hybridized carbons (Fsp3) is 0.286. The molecule has 1 fully saturated rings. The van der Waals surface area contributed by atoms with Crippen LogP contribution < -0.4 is 5.32 Å². The molecule has 1 amide bonds. The van der Waals surface area contributed by atoms with Crippen molar-refractivity contribution in [2.45, 2.75) is 31.0 Å². The van der Waals surface area contributed by atoms with Gasteiger partial charge in [-0.05, 0) is 55.6 Å². The Labute approximate surface area is 174 Å². The van der Waals surface area contributed by atoms with Crippen LogP contribution in [0.25, 0.3) is 10.1 Å². The predicted molar refractivity (Wildman–Crippen MR) is 115 cm³/mol. The van der Waals surface area contributed by atoms with Gasteiger partial charge in [0, 0.05) is 23.5 Å². The first-order valence-electron chi connectivity index (χ1n) is 9.38. The van der Waals surface area contributed by atoms with Crippen molar-refractivity contribution in [2.75, 3.05) is 18.4 Å². The fourth-order valence-electron chi connectivity index (χ4n) is 3.47. The second kappa shape index (κ2) is 7.87. The number of benzene rings is 2. The van der Waals surface area contributed by atoms with Crippen molar-refractivity contribution in [1.29, 1.82) is 0 Å². The van der Waals surface area contributed by atoms with Crippen molar-refractivity contribution < 1.29 is 17.9 Å². The van der Waals surface area contributed by atoms with Gasteiger partial charge >= 0.3 is 0 Å². The maximum Gasteiger partial charge on any atom is 0.265 e. The van der Waals surface area contributed by atoms with Crippen molar-refractivity contribution >= 4 is 43.0 Å². The molecule has 0 saturated carbocycles. The highest BCUT2D eigenvalue weighted by Crippen LogP contribution is 2.27. The monoisotopic (exact) mass is 430 g/mol. The van der Waals surface area contributed by atoms with Gasteiger partial charge in [0.2, 0.25) is 10.0 Å². The van der Waals surface area contributed by atoms with E-state index in [-0.39, 0.29) is 23.0 Å². The van der Waals surface area contributed by atoms with Gasteiger partial charge in [0.1, 0.15) is 0 Å². The summed E-state index contributed by atoms with van der Waals surface area (Å²) >= 11 is 1.42. The summed E-state index contributed by atoms with van der Waals surface area (Å²) in [4.78, 5) is 13.4. The van der Waals surface area contributed by atoms with Gasteiger partial charge in [-0.25, -0.2) is 8.42 Å². The zero-order valence-electron chi connectivity index (χ0n) is 16.2. The summed E-state index contributed by atoms with van der Waals surface area (Å²) in [7, 11) is -3.60. The molecule has 6 nitrogen and oxygen atoms in total. The molecule has 1 N–H and O–H groups in total. The molecule has 0 spiro atoms. The Morgan fingerprint density at radius 2 is 1.72 bits per heavy atom. The molecular weight excluding hydrogens is 408 g/mol. The van der Waals surface area contributed by atoms with Crippen LogP contribution in [0.4, 0.5) is 5.69 Å². The molecule has 1 saturated heterocycles. The third-order valence-corrected chi connectivity index (χ3v) is 7.75. The molecule has 2 heterocycles. The van der Waals surface area contributed by atoms with Crippen LogP contribution in [-0.2, 0) is 14.8 Å². The Morgan fingerprint density at radius 3 is 2.38 bits per heavy atom. The Bertz CT molecular complexity index is 1100. The highest BCUT2D eigenvalue weighted by atomic mass is 32.2. The van der Waals surface area contributed by atoms with Crippen LogP contribution in [0, 0.1) is 0 Å². The summed E-state index contributed by atoms with van der Waals surface area (Å²) in [6.07, 6.45) is -0.290. The number of morpholine rings is 1. The van der Waals surface area contributed by atoms with Crippen LogP contribution in [0.1, 0.15) is 23.5 Å². The van der Waals surface area contributed by atoms with Gasteiger partial charge in [-0.2, -0.15) is 4.31 Å². The first kappa shape index (κ1) is 20.0. The van der Waals surface area contributed by atoms with Crippen LogP contribution in [0.15, 0.2) is 59.5 Å². The molecule has 1 aliphatic rings. The van der Waals surface area contributed by atoms with E-state index in [9.17, 15) is 13.2 Å². The average Bonchev–Trinajstić information content (AvgIpc) is 3.12. The number of fused-ring (bicyclic) bond motifs is 1. The molecule has 3 aromatic rings. The third-order valence-electron chi connectivity index (χ3n) is 4.79. The standard InChI is InChI=1S/C21H22N2O4S2/c1-14-12-23(13-15(2)27-14)29(25,26)18-9-7-17(8-10-18)22-21(24)20-11-16-5-3-4-6-19(16)28-20/h3-11,14-15H,12-13H2,1-2H3,(H,22,24). The van der Waals surface area contributed by atoms with Crippen LogP contribution in [0.2, 0.25) is 0 Å². The Balaban J connectivity index is 1.49. The molecule has 4 rings (SSSR count). The second-order valence-electron chi connectivity index (χ2n) is 7.21. The zero-order chi connectivity index (χ0) is 20.6. The maximum absolute atomic E-state index is 12.9. The zero-order valence-corrected chi connectivity index (χ0v) is 17.8. The summed E-state index contributed by atoms with van der Waals surface area (Å²) in [6, 6.07) is 16.0. The van der Waals surface area contributed by atoms with Crippen LogP contribution >= 0.6 is 11.3 Å². The van der Waals surface area contributed by atoms with Crippen LogP contribution in [0.3, 0.4) is 0 Å². The fourth-order valence-corrected chi connectivity index (χ4v) is 6.02. The molecule has 2 atom stereocenters. The van der Waals surface area contributed by atoms with Crippen LogP contribution in [-0.4, -0.2) is 43.9 Å². The van der Waals surface area contributed by atoms with E-state index in [1.54, 1.807) is 12.1 Å². The topological polar surface area (TPSA) is 75.7 Å². The normalized spacial score (nSPS) is 20.6. The molecule has 1 aliphatic heterocycles. The van der Waals surface area contributed by atoms with E-state index in [2.05, 4.69) is 5.32 Å². The van der Waals surface area contributed by atoms with Gasteiger partial charge in [-0.1, -0.05) is 18.2 Å². The number of amides is 1. The van der Waals surface area contributed by atoms with Gasteiger partial charge < -0.3 is 10.1 Å². The summed E-state index contributed by atoms with van der Waals surface area (Å²) < 4.78 is 34.0. The van der Waals surface area contributed by atoms with Gasteiger partial charge in [0.05, 0.1) is 22.0 Å².